The van der Waals surface area contributed by atoms with Gasteiger partial charge in [-0.05, 0) is 65.6 Å². The van der Waals surface area contributed by atoms with Crippen molar-refractivity contribution in [3.63, 3.8) is 0 Å². The highest BCUT2D eigenvalue weighted by molar-refractivity contribution is 7.92. The summed E-state index contributed by atoms with van der Waals surface area (Å²) in [5, 5.41) is 1.28. The van der Waals surface area contributed by atoms with Crippen molar-refractivity contribution >= 4 is 44.9 Å². The van der Waals surface area contributed by atoms with Gasteiger partial charge in [0.15, 0.2) is 0 Å². The molecule has 1 aliphatic heterocycles. The summed E-state index contributed by atoms with van der Waals surface area (Å²) in [6.45, 7) is 3.00. The molecule has 36 heavy (non-hydrogen) atoms. The Bertz CT molecular complexity index is 1280. The lowest BCUT2D eigenvalue weighted by Gasteiger charge is -2.44. The van der Waals surface area contributed by atoms with Gasteiger partial charge in [-0.3, -0.25) is 9.62 Å². The van der Waals surface area contributed by atoms with Gasteiger partial charge in [-0.15, -0.1) is 0 Å². The van der Waals surface area contributed by atoms with Crippen LogP contribution in [0.1, 0.15) is 40.0 Å². The molecular weight excluding hydrogens is 526 g/mol. The van der Waals surface area contributed by atoms with Crippen LogP contribution in [0.15, 0.2) is 66.7 Å². The van der Waals surface area contributed by atoms with E-state index in [4.69, 9.17) is 23.2 Å². The fourth-order valence-corrected chi connectivity index (χ4v) is 6.12. The van der Waals surface area contributed by atoms with Gasteiger partial charge in [0.25, 0.3) is 0 Å². The third kappa shape index (κ3) is 6.37. The average Bonchev–Trinajstić information content (AvgIpc) is 2.83. The molecule has 10 heteroatoms. The number of carbonyl (C=O) groups is 1. The molecular formula is C26H25Cl2FN2O4S. The summed E-state index contributed by atoms with van der Waals surface area (Å²) in [5.74, 6) is -1.35. The summed E-state index contributed by atoms with van der Waals surface area (Å²) in [4.78, 5) is 17.1. The highest BCUT2D eigenvalue weighted by Crippen LogP contribution is 2.36. The zero-order valence-electron chi connectivity index (χ0n) is 19.5. The molecule has 1 aliphatic rings. The number of aryl methyl sites for hydroxylation is 1. The predicted octanol–water partition coefficient (Wildman–Crippen LogP) is 6.06. The highest BCUT2D eigenvalue weighted by Gasteiger charge is 2.36. The maximum Gasteiger partial charge on any atom is 0.379 e. The van der Waals surface area contributed by atoms with Crippen molar-refractivity contribution in [2.24, 2.45) is 5.92 Å². The van der Waals surface area contributed by atoms with E-state index < -0.39 is 16.0 Å². The van der Waals surface area contributed by atoms with Crippen molar-refractivity contribution in [3.05, 3.63) is 99.0 Å². The lowest BCUT2D eigenvalue weighted by atomic mass is 9.91. The average molecular weight is 551 g/mol. The minimum Gasteiger partial charge on any atom is -0.292 e. The SMILES string of the molecule is CCc1cc(NS(=O)(=O)CC2CN(C(c3ccc(Cl)cc3)c3ccc(Cl)cc3)C2)cc(C(=O)OF)c1. The zero-order valence-corrected chi connectivity index (χ0v) is 21.8. The van der Waals surface area contributed by atoms with E-state index in [0.29, 0.717) is 35.1 Å². The molecule has 0 spiro atoms. The number of hydrogen-bond acceptors (Lipinski definition) is 5. The Kier molecular flexibility index (Phi) is 8.20. The van der Waals surface area contributed by atoms with Crippen molar-refractivity contribution in [1.29, 1.82) is 0 Å². The van der Waals surface area contributed by atoms with Gasteiger partial charge in [-0.2, -0.15) is 0 Å². The van der Waals surface area contributed by atoms with E-state index in [1.807, 2.05) is 55.5 Å². The molecule has 0 saturated carbocycles. The lowest BCUT2D eigenvalue weighted by molar-refractivity contribution is -0.0788. The molecule has 3 aromatic rings. The number of likely N-dealkylation sites (tertiary alicyclic amines) is 1. The van der Waals surface area contributed by atoms with Crippen molar-refractivity contribution in [2.45, 2.75) is 19.4 Å². The first-order valence-corrected chi connectivity index (χ1v) is 13.8. The van der Waals surface area contributed by atoms with Crippen molar-refractivity contribution in [3.8, 4) is 0 Å². The number of nitrogens with zero attached hydrogens (tertiary/aromatic N) is 1. The molecule has 0 unspecified atom stereocenters. The molecule has 0 aromatic heterocycles. The van der Waals surface area contributed by atoms with Gasteiger partial charge in [-0.1, -0.05) is 54.4 Å². The van der Waals surface area contributed by atoms with Gasteiger partial charge in [0.1, 0.15) is 0 Å². The lowest BCUT2D eigenvalue weighted by Crippen LogP contribution is -2.51. The molecule has 6 nitrogen and oxygen atoms in total. The second kappa shape index (κ2) is 11.2. The number of hydrogen-bond donors (Lipinski definition) is 1. The summed E-state index contributed by atoms with van der Waals surface area (Å²) in [5.41, 5.74) is 2.91. The van der Waals surface area contributed by atoms with E-state index in [2.05, 4.69) is 14.6 Å². The second-order valence-corrected chi connectivity index (χ2v) is 11.5. The fraction of sp³-hybridized carbons (Fsp3) is 0.269. The Balaban J connectivity index is 1.46. The third-order valence-electron chi connectivity index (χ3n) is 6.16. The molecule has 4 rings (SSSR count). The molecule has 1 fully saturated rings. The number of halogens is 3. The van der Waals surface area contributed by atoms with Gasteiger partial charge >= 0.3 is 5.97 Å². The van der Waals surface area contributed by atoms with E-state index in [9.17, 15) is 17.7 Å². The summed E-state index contributed by atoms with van der Waals surface area (Å²) in [6.07, 6.45) is 0.538. The largest absolute Gasteiger partial charge is 0.379 e. The molecule has 1 saturated heterocycles. The maximum absolute atomic E-state index is 12.9. The molecule has 0 radical (unpaired) electrons. The van der Waals surface area contributed by atoms with Gasteiger partial charge in [0.2, 0.25) is 10.0 Å². The van der Waals surface area contributed by atoms with Crippen molar-refractivity contribution < 1.29 is 22.7 Å². The van der Waals surface area contributed by atoms with Crippen LogP contribution in [0, 0.1) is 5.92 Å². The van der Waals surface area contributed by atoms with Gasteiger partial charge in [0.05, 0.1) is 17.4 Å². The molecule has 0 amide bonds. The van der Waals surface area contributed by atoms with Gasteiger partial charge in [0, 0.05) is 39.3 Å². The van der Waals surface area contributed by atoms with Crippen LogP contribution < -0.4 is 4.72 Å². The number of carbonyl (C=O) groups excluding carboxylic acids is 1. The summed E-state index contributed by atoms with van der Waals surface area (Å²) in [6, 6.07) is 19.5. The fourth-order valence-electron chi connectivity index (χ4n) is 4.48. The van der Waals surface area contributed by atoms with Crippen molar-refractivity contribution in [2.75, 3.05) is 23.6 Å². The Morgan fingerprint density at radius 3 is 2.08 bits per heavy atom. The molecule has 190 valence electrons. The predicted molar refractivity (Wildman–Crippen MR) is 140 cm³/mol. The van der Waals surface area contributed by atoms with Crippen LogP contribution in [0.25, 0.3) is 0 Å². The van der Waals surface area contributed by atoms with Gasteiger partial charge < -0.3 is 0 Å². The Labute approximate surface area is 219 Å². The van der Waals surface area contributed by atoms with Crippen LogP contribution in [0.3, 0.4) is 0 Å². The Morgan fingerprint density at radius 1 is 1.03 bits per heavy atom. The molecule has 1 N–H and O–H groups in total. The minimum atomic E-state index is -3.72. The zero-order chi connectivity index (χ0) is 25.9. The first-order chi connectivity index (χ1) is 17.2. The molecule has 3 aromatic carbocycles. The van der Waals surface area contributed by atoms with Crippen LogP contribution in [0.2, 0.25) is 10.0 Å². The third-order valence-corrected chi connectivity index (χ3v) is 8.12. The van der Waals surface area contributed by atoms with E-state index in [1.165, 1.54) is 12.1 Å². The van der Waals surface area contributed by atoms with E-state index in [1.54, 1.807) is 6.07 Å². The molecule has 0 bridgehead atoms. The van der Waals surface area contributed by atoms with E-state index in [-0.39, 0.29) is 29.0 Å². The van der Waals surface area contributed by atoms with Crippen LogP contribution in [0.4, 0.5) is 10.2 Å². The topological polar surface area (TPSA) is 75.7 Å². The summed E-state index contributed by atoms with van der Waals surface area (Å²) in [7, 11) is -3.72. The molecule has 0 atom stereocenters. The second-order valence-electron chi connectivity index (χ2n) is 8.85. The Hall–Kier alpha value is -2.65. The standard InChI is InChI=1S/C26H25Cl2FN2O4S/c1-2-17-11-21(26(32)35-29)13-24(12-17)30-36(33,34)16-18-14-31(15-18)25(19-3-7-22(27)8-4-19)20-5-9-23(28)10-6-20/h3-13,18,25,30H,2,14-16H2,1H3. The first kappa shape index (κ1) is 26.4. The number of benzene rings is 3. The molecule has 1 heterocycles. The molecule has 0 aliphatic carbocycles. The normalized spacial score (nSPS) is 14.5. The monoisotopic (exact) mass is 550 g/mol. The van der Waals surface area contributed by atoms with E-state index >= 15 is 0 Å². The number of sulfonamides is 1. The van der Waals surface area contributed by atoms with Crippen molar-refractivity contribution in [1.82, 2.24) is 4.90 Å². The number of anilines is 1. The first-order valence-electron chi connectivity index (χ1n) is 11.4. The maximum atomic E-state index is 12.9. The van der Waals surface area contributed by atoms with E-state index in [0.717, 1.165) is 11.1 Å². The van der Waals surface area contributed by atoms with Crippen LogP contribution >= 0.6 is 23.2 Å². The van der Waals surface area contributed by atoms with Crippen LogP contribution in [-0.4, -0.2) is 38.1 Å². The Morgan fingerprint density at radius 2 is 1.58 bits per heavy atom. The smallest absolute Gasteiger partial charge is 0.292 e. The summed E-state index contributed by atoms with van der Waals surface area (Å²) >= 11 is 12.2. The number of rotatable bonds is 9. The number of nitrogens with one attached hydrogen (secondary N) is 1. The minimum absolute atomic E-state index is 0.0573. The summed E-state index contributed by atoms with van der Waals surface area (Å²) < 4.78 is 40.7. The van der Waals surface area contributed by atoms with Crippen LogP contribution in [-0.2, 0) is 21.4 Å². The van der Waals surface area contributed by atoms with Gasteiger partial charge in [-0.25, -0.2) is 18.2 Å². The highest BCUT2D eigenvalue weighted by atomic mass is 35.5. The van der Waals surface area contributed by atoms with Crippen LogP contribution in [0.5, 0.6) is 0 Å². The quantitative estimate of drug-likeness (QED) is 0.350.